The Labute approximate surface area is 136 Å². The summed E-state index contributed by atoms with van der Waals surface area (Å²) in [7, 11) is 0. The minimum Gasteiger partial charge on any atom is -0.378 e. The molecule has 1 aliphatic carbocycles. The fourth-order valence-corrected chi connectivity index (χ4v) is 3.46. The van der Waals surface area contributed by atoms with Gasteiger partial charge in [-0.2, -0.15) is 0 Å². The Bertz CT molecular complexity index is 696. The Morgan fingerprint density at radius 2 is 2.13 bits per heavy atom. The third-order valence-electron chi connectivity index (χ3n) is 4.96. The van der Waals surface area contributed by atoms with E-state index in [4.69, 9.17) is 4.74 Å². The van der Waals surface area contributed by atoms with E-state index in [-0.39, 0.29) is 5.91 Å². The number of benzene rings is 1. The van der Waals surface area contributed by atoms with Crippen molar-refractivity contribution in [1.29, 1.82) is 0 Å². The molecule has 1 aromatic heterocycles. The van der Waals surface area contributed by atoms with Crippen molar-refractivity contribution in [3.8, 4) is 0 Å². The molecule has 2 aliphatic rings. The van der Waals surface area contributed by atoms with Crippen LogP contribution in [0.15, 0.2) is 30.3 Å². The molecule has 0 spiro atoms. The highest BCUT2D eigenvalue weighted by Crippen LogP contribution is 2.33. The van der Waals surface area contributed by atoms with Crippen molar-refractivity contribution in [3.63, 3.8) is 0 Å². The van der Waals surface area contributed by atoms with Gasteiger partial charge in [0.25, 0.3) is 5.91 Å². The third-order valence-corrected chi connectivity index (χ3v) is 4.96. The molecule has 2 heterocycles. The molecule has 4 heteroatoms. The van der Waals surface area contributed by atoms with Crippen molar-refractivity contribution >= 4 is 16.8 Å². The summed E-state index contributed by atoms with van der Waals surface area (Å²) < 4.78 is 7.82. The summed E-state index contributed by atoms with van der Waals surface area (Å²) in [6, 6.07) is 10.3. The van der Waals surface area contributed by atoms with Crippen LogP contribution in [0.25, 0.3) is 10.9 Å². The van der Waals surface area contributed by atoms with Crippen LogP contribution >= 0.6 is 0 Å². The van der Waals surface area contributed by atoms with E-state index < -0.39 is 0 Å². The average Bonchev–Trinajstić information content (AvgIpc) is 3.09. The first kappa shape index (κ1) is 14.8. The number of ether oxygens (including phenoxy) is 1. The predicted octanol–water partition coefficient (Wildman–Crippen LogP) is 3.35. The van der Waals surface area contributed by atoms with E-state index in [9.17, 15) is 4.79 Å². The number of amides is 1. The van der Waals surface area contributed by atoms with Crippen molar-refractivity contribution in [2.75, 3.05) is 13.2 Å². The van der Waals surface area contributed by atoms with Gasteiger partial charge < -0.3 is 14.6 Å². The molecule has 1 atom stereocenters. The molecule has 1 saturated carbocycles. The number of nitrogens with one attached hydrogen (secondary N) is 1. The molecule has 0 bridgehead atoms. The number of hydrogen-bond donors (Lipinski definition) is 1. The van der Waals surface area contributed by atoms with Crippen LogP contribution in [0, 0.1) is 5.92 Å². The van der Waals surface area contributed by atoms with E-state index in [1.807, 2.05) is 18.2 Å². The summed E-state index contributed by atoms with van der Waals surface area (Å²) in [4.78, 5) is 12.6. The molecule has 2 fully saturated rings. The van der Waals surface area contributed by atoms with Crippen LogP contribution < -0.4 is 5.32 Å². The van der Waals surface area contributed by atoms with Crippen LogP contribution in [0.3, 0.4) is 0 Å². The highest BCUT2D eigenvalue weighted by atomic mass is 16.5. The molecule has 23 heavy (non-hydrogen) atoms. The molecule has 2 aromatic rings. The fraction of sp³-hybridized carbons (Fsp3) is 0.526. The van der Waals surface area contributed by atoms with Crippen molar-refractivity contribution in [1.82, 2.24) is 9.88 Å². The van der Waals surface area contributed by atoms with Crippen molar-refractivity contribution in [3.05, 3.63) is 36.0 Å². The zero-order valence-corrected chi connectivity index (χ0v) is 13.5. The maximum Gasteiger partial charge on any atom is 0.267 e. The lowest BCUT2D eigenvalue weighted by Gasteiger charge is -2.12. The van der Waals surface area contributed by atoms with E-state index in [0.717, 1.165) is 49.4 Å². The van der Waals surface area contributed by atoms with E-state index in [1.165, 1.54) is 18.4 Å². The Morgan fingerprint density at radius 3 is 2.91 bits per heavy atom. The monoisotopic (exact) mass is 312 g/mol. The number of fused-ring (bicyclic) bond motifs is 1. The van der Waals surface area contributed by atoms with E-state index in [2.05, 4.69) is 22.0 Å². The minimum absolute atomic E-state index is 0.0415. The van der Waals surface area contributed by atoms with Gasteiger partial charge in [0, 0.05) is 30.6 Å². The Balaban J connectivity index is 1.48. The van der Waals surface area contributed by atoms with Crippen molar-refractivity contribution in [2.45, 2.75) is 44.8 Å². The number of hydrogen-bond acceptors (Lipinski definition) is 2. The molecule has 122 valence electrons. The van der Waals surface area contributed by atoms with Gasteiger partial charge in [0.15, 0.2) is 0 Å². The van der Waals surface area contributed by atoms with Gasteiger partial charge in [0.1, 0.15) is 5.69 Å². The molecule has 0 radical (unpaired) electrons. The maximum atomic E-state index is 12.6. The van der Waals surface area contributed by atoms with Gasteiger partial charge in [0.05, 0.1) is 6.10 Å². The topological polar surface area (TPSA) is 43.3 Å². The highest BCUT2D eigenvalue weighted by Gasteiger charge is 2.25. The van der Waals surface area contributed by atoms with Gasteiger partial charge in [0.2, 0.25) is 0 Å². The third kappa shape index (κ3) is 3.27. The summed E-state index contributed by atoms with van der Waals surface area (Å²) in [5.74, 6) is 0.782. The van der Waals surface area contributed by atoms with Crippen LogP contribution in [-0.2, 0) is 11.3 Å². The van der Waals surface area contributed by atoms with Crippen molar-refractivity contribution < 1.29 is 9.53 Å². The Hall–Kier alpha value is -1.81. The van der Waals surface area contributed by atoms with Crippen LogP contribution in [0.4, 0.5) is 0 Å². The fourth-order valence-electron chi connectivity index (χ4n) is 3.46. The second-order valence-corrected chi connectivity index (χ2v) is 6.82. The lowest BCUT2D eigenvalue weighted by molar-refractivity contribution is 0.0900. The molecule has 1 aliphatic heterocycles. The van der Waals surface area contributed by atoms with Gasteiger partial charge in [-0.25, -0.2) is 0 Å². The van der Waals surface area contributed by atoms with E-state index in [1.54, 1.807) is 0 Å². The van der Waals surface area contributed by atoms with Gasteiger partial charge in [-0.05, 0) is 50.2 Å². The normalized spacial score (nSPS) is 21.0. The van der Waals surface area contributed by atoms with Gasteiger partial charge in [-0.15, -0.1) is 0 Å². The first-order chi connectivity index (χ1) is 11.3. The smallest absolute Gasteiger partial charge is 0.267 e. The molecule has 1 unspecified atom stereocenters. The van der Waals surface area contributed by atoms with Crippen molar-refractivity contribution in [2.24, 2.45) is 5.92 Å². The number of carbonyl (C=O) groups is 1. The van der Waals surface area contributed by atoms with E-state index in [0.29, 0.717) is 12.6 Å². The lowest BCUT2D eigenvalue weighted by Crippen LogP contribution is -2.29. The number of carbonyl (C=O) groups excluding carboxylic acids is 1. The molecule has 1 aromatic carbocycles. The minimum atomic E-state index is 0.0415. The largest absolute Gasteiger partial charge is 0.378 e. The van der Waals surface area contributed by atoms with Crippen LogP contribution in [0.1, 0.15) is 42.6 Å². The number of nitrogens with zero attached hydrogens (tertiary/aromatic N) is 1. The van der Waals surface area contributed by atoms with Gasteiger partial charge >= 0.3 is 0 Å². The zero-order valence-electron chi connectivity index (χ0n) is 13.5. The SMILES string of the molecule is O=C(NCCC1CCCO1)c1cc2ccccc2n1CC1CC1. The average molecular weight is 312 g/mol. The maximum absolute atomic E-state index is 12.6. The molecule has 1 saturated heterocycles. The first-order valence-corrected chi connectivity index (χ1v) is 8.79. The molecular formula is C19H24N2O2. The summed E-state index contributed by atoms with van der Waals surface area (Å²) in [5.41, 5.74) is 1.97. The summed E-state index contributed by atoms with van der Waals surface area (Å²) in [6.07, 6.45) is 6.08. The molecular weight excluding hydrogens is 288 g/mol. The second-order valence-electron chi connectivity index (χ2n) is 6.82. The zero-order chi connectivity index (χ0) is 15.6. The summed E-state index contributed by atoms with van der Waals surface area (Å²) in [6.45, 7) is 2.52. The second kappa shape index (κ2) is 6.36. The summed E-state index contributed by atoms with van der Waals surface area (Å²) >= 11 is 0. The molecule has 1 N–H and O–H groups in total. The molecule has 4 rings (SSSR count). The molecule has 1 amide bonds. The Kier molecular flexibility index (Phi) is 4.08. The Morgan fingerprint density at radius 1 is 1.26 bits per heavy atom. The number of aromatic nitrogens is 1. The predicted molar refractivity (Wildman–Crippen MR) is 90.6 cm³/mol. The standard InChI is InChI=1S/C19H24N2O2/c22-19(20-10-9-16-5-3-11-23-16)18-12-15-4-1-2-6-17(15)21(18)13-14-7-8-14/h1-2,4,6,12,14,16H,3,5,7-11,13H2,(H,20,22). The number of rotatable bonds is 6. The quantitative estimate of drug-likeness (QED) is 0.889. The van der Waals surface area contributed by atoms with Gasteiger partial charge in [-0.1, -0.05) is 18.2 Å². The summed E-state index contributed by atoms with van der Waals surface area (Å²) in [5, 5.41) is 4.23. The first-order valence-electron chi connectivity index (χ1n) is 8.79. The number of para-hydroxylation sites is 1. The van der Waals surface area contributed by atoms with Crippen LogP contribution in [0.5, 0.6) is 0 Å². The highest BCUT2D eigenvalue weighted by molar-refractivity contribution is 5.98. The lowest BCUT2D eigenvalue weighted by atomic mass is 10.2. The molecule has 4 nitrogen and oxygen atoms in total. The van der Waals surface area contributed by atoms with Crippen LogP contribution in [0.2, 0.25) is 0 Å². The van der Waals surface area contributed by atoms with E-state index >= 15 is 0 Å². The van der Waals surface area contributed by atoms with Crippen LogP contribution in [-0.4, -0.2) is 29.7 Å². The van der Waals surface area contributed by atoms with Gasteiger partial charge in [-0.3, -0.25) is 4.79 Å².